The van der Waals surface area contributed by atoms with E-state index in [0.29, 0.717) is 32.2 Å². The molecule has 1 aliphatic heterocycles. The molecule has 0 radical (unpaired) electrons. The van der Waals surface area contributed by atoms with Crippen LogP contribution in [0.25, 0.3) is 0 Å². The number of aliphatic carboxylic acids is 1. The Hall–Kier alpha value is -3.19. The average molecular weight is 424 g/mol. The maximum Gasteiger partial charge on any atom is 0.334 e. The first-order valence-electron chi connectivity index (χ1n) is 10.5. The van der Waals surface area contributed by atoms with Gasteiger partial charge in [-0.05, 0) is 36.8 Å². The summed E-state index contributed by atoms with van der Waals surface area (Å²) in [5, 5.41) is 22.1. The molecular formula is C24H28N2O5. The van der Waals surface area contributed by atoms with Crippen LogP contribution in [0, 0.1) is 0 Å². The Morgan fingerprint density at radius 2 is 1.65 bits per heavy atom. The molecule has 0 aromatic heterocycles. The second-order valence-corrected chi connectivity index (χ2v) is 7.84. The van der Waals surface area contributed by atoms with Gasteiger partial charge >= 0.3 is 5.97 Å². The van der Waals surface area contributed by atoms with Crippen LogP contribution in [0.2, 0.25) is 0 Å². The van der Waals surface area contributed by atoms with Crippen LogP contribution < -0.4 is 5.32 Å². The lowest BCUT2D eigenvalue weighted by Gasteiger charge is -2.28. The van der Waals surface area contributed by atoms with Gasteiger partial charge in [-0.2, -0.15) is 0 Å². The summed E-state index contributed by atoms with van der Waals surface area (Å²) >= 11 is 0. The Kier molecular flexibility index (Phi) is 7.78. The third-order valence-corrected chi connectivity index (χ3v) is 5.61. The zero-order valence-electron chi connectivity index (χ0n) is 17.3. The lowest BCUT2D eigenvalue weighted by atomic mass is 10.0. The van der Waals surface area contributed by atoms with Crippen LogP contribution >= 0.6 is 0 Å². The molecule has 2 aromatic carbocycles. The summed E-state index contributed by atoms with van der Waals surface area (Å²) in [7, 11) is 0. The van der Waals surface area contributed by atoms with Gasteiger partial charge in [-0.1, -0.05) is 60.7 Å². The molecule has 31 heavy (non-hydrogen) atoms. The standard InChI is InChI=1S/C24H28N2O5/c27-21-15-14-20(26(21)16-18-10-5-2-6-11-18)23(29)25-19(22(28)24(30)31)13-7-12-17-8-3-1-4-9-17/h1-6,8-11,19-20,22,28H,7,12-16H2,(H,25,29)(H,30,31)/t19?,20-,22?/m1/s1. The number of hydrogen-bond donors (Lipinski definition) is 3. The Morgan fingerprint density at radius 3 is 2.26 bits per heavy atom. The van der Waals surface area contributed by atoms with Gasteiger partial charge in [0, 0.05) is 13.0 Å². The number of carboxylic acids is 1. The van der Waals surface area contributed by atoms with Gasteiger partial charge in [-0.3, -0.25) is 9.59 Å². The number of carbonyl (C=O) groups excluding carboxylic acids is 2. The van der Waals surface area contributed by atoms with Crippen molar-refractivity contribution >= 4 is 17.8 Å². The van der Waals surface area contributed by atoms with Crippen molar-refractivity contribution in [1.82, 2.24) is 10.2 Å². The monoisotopic (exact) mass is 424 g/mol. The second kappa shape index (κ2) is 10.7. The normalized spacial score (nSPS) is 17.9. The van der Waals surface area contributed by atoms with Gasteiger partial charge in [0.15, 0.2) is 6.10 Å². The molecule has 0 aliphatic carbocycles. The minimum absolute atomic E-state index is 0.108. The quantitative estimate of drug-likeness (QED) is 0.542. The van der Waals surface area contributed by atoms with Crippen LogP contribution in [-0.2, 0) is 27.3 Å². The molecule has 1 aliphatic rings. The van der Waals surface area contributed by atoms with E-state index < -0.39 is 30.1 Å². The van der Waals surface area contributed by atoms with Crippen molar-refractivity contribution in [3.05, 3.63) is 71.8 Å². The van der Waals surface area contributed by atoms with Crippen molar-refractivity contribution in [3.63, 3.8) is 0 Å². The van der Waals surface area contributed by atoms with Crippen LogP contribution in [0.1, 0.15) is 36.8 Å². The second-order valence-electron chi connectivity index (χ2n) is 7.84. The van der Waals surface area contributed by atoms with E-state index in [1.165, 1.54) is 4.90 Å². The van der Waals surface area contributed by atoms with E-state index in [1.807, 2.05) is 60.7 Å². The topological polar surface area (TPSA) is 107 Å². The number of benzene rings is 2. The van der Waals surface area contributed by atoms with Crippen molar-refractivity contribution < 1.29 is 24.6 Å². The molecule has 0 spiro atoms. The number of amides is 2. The lowest BCUT2D eigenvalue weighted by molar-refractivity contribution is -0.149. The number of rotatable bonds is 10. The Balaban J connectivity index is 1.63. The fourth-order valence-electron chi connectivity index (χ4n) is 3.92. The van der Waals surface area contributed by atoms with E-state index in [9.17, 15) is 24.6 Å². The van der Waals surface area contributed by atoms with E-state index in [1.54, 1.807) is 0 Å². The van der Waals surface area contributed by atoms with Crippen LogP contribution in [0.15, 0.2) is 60.7 Å². The molecule has 3 N–H and O–H groups in total. The molecule has 3 rings (SSSR count). The lowest BCUT2D eigenvalue weighted by Crippen LogP contribution is -2.52. The van der Waals surface area contributed by atoms with E-state index in [2.05, 4.69) is 5.32 Å². The molecule has 164 valence electrons. The smallest absolute Gasteiger partial charge is 0.334 e. The molecule has 2 unspecified atom stereocenters. The third-order valence-electron chi connectivity index (χ3n) is 5.61. The highest BCUT2D eigenvalue weighted by molar-refractivity contribution is 5.91. The Labute approximate surface area is 181 Å². The minimum Gasteiger partial charge on any atom is -0.479 e. The van der Waals surface area contributed by atoms with Gasteiger partial charge in [0.2, 0.25) is 11.8 Å². The number of nitrogens with zero attached hydrogens (tertiary/aromatic N) is 1. The van der Waals surface area contributed by atoms with E-state index in [0.717, 1.165) is 11.1 Å². The Morgan fingerprint density at radius 1 is 1.03 bits per heavy atom. The predicted octanol–water partition coefficient (Wildman–Crippen LogP) is 2.13. The Bertz CT molecular complexity index is 887. The van der Waals surface area contributed by atoms with E-state index in [4.69, 9.17) is 0 Å². The molecule has 3 atom stereocenters. The number of aryl methyl sites for hydroxylation is 1. The summed E-state index contributed by atoms with van der Waals surface area (Å²) in [5.41, 5.74) is 2.02. The summed E-state index contributed by atoms with van der Waals surface area (Å²) in [6.07, 6.45) is 0.563. The number of hydrogen-bond acceptors (Lipinski definition) is 4. The van der Waals surface area contributed by atoms with E-state index in [-0.39, 0.29) is 12.3 Å². The molecule has 0 saturated carbocycles. The highest BCUT2D eigenvalue weighted by atomic mass is 16.4. The first-order valence-corrected chi connectivity index (χ1v) is 10.5. The maximum atomic E-state index is 13.0. The van der Waals surface area contributed by atoms with Crippen molar-refractivity contribution in [2.75, 3.05) is 0 Å². The molecule has 2 amide bonds. The van der Waals surface area contributed by atoms with Gasteiger partial charge in [0.1, 0.15) is 6.04 Å². The fraction of sp³-hybridized carbons (Fsp3) is 0.375. The minimum atomic E-state index is -1.71. The number of likely N-dealkylation sites (tertiary alicyclic amines) is 1. The summed E-state index contributed by atoms with van der Waals surface area (Å²) in [6.45, 7) is 0.317. The highest BCUT2D eigenvalue weighted by Gasteiger charge is 2.38. The van der Waals surface area contributed by atoms with Crippen molar-refractivity contribution in [2.45, 2.75) is 56.8 Å². The van der Waals surface area contributed by atoms with E-state index >= 15 is 0 Å². The SMILES string of the molecule is O=C(O)C(O)C(CCCc1ccccc1)NC(=O)[C@H]1CCC(=O)N1Cc1ccccc1. The summed E-state index contributed by atoms with van der Waals surface area (Å²) in [6, 6.07) is 17.5. The number of nitrogens with one attached hydrogen (secondary N) is 1. The van der Waals surface area contributed by atoms with Crippen LogP contribution in [0.3, 0.4) is 0 Å². The number of carbonyl (C=O) groups is 3. The predicted molar refractivity (Wildman–Crippen MR) is 115 cm³/mol. The van der Waals surface area contributed by atoms with Crippen LogP contribution in [-0.4, -0.2) is 51.1 Å². The molecule has 7 heteroatoms. The van der Waals surface area contributed by atoms with Gasteiger partial charge < -0.3 is 20.4 Å². The van der Waals surface area contributed by atoms with Crippen LogP contribution in [0.5, 0.6) is 0 Å². The molecule has 7 nitrogen and oxygen atoms in total. The summed E-state index contributed by atoms with van der Waals surface area (Å²) < 4.78 is 0. The number of carboxylic acid groups (broad SMARTS) is 1. The van der Waals surface area contributed by atoms with Gasteiger partial charge in [0.05, 0.1) is 6.04 Å². The largest absolute Gasteiger partial charge is 0.479 e. The van der Waals surface area contributed by atoms with Crippen molar-refractivity contribution in [1.29, 1.82) is 0 Å². The molecule has 1 saturated heterocycles. The number of aliphatic hydroxyl groups is 1. The van der Waals surface area contributed by atoms with Gasteiger partial charge in [-0.15, -0.1) is 0 Å². The van der Waals surface area contributed by atoms with Crippen LogP contribution in [0.4, 0.5) is 0 Å². The molecule has 1 fully saturated rings. The fourth-order valence-corrected chi connectivity index (χ4v) is 3.92. The highest BCUT2D eigenvalue weighted by Crippen LogP contribution is 2.22. The molecular weight excluding hydrogens is 396 g/mol. The zero-order valence-corrected chi connectivity index (χ0v) is 17.3. The zero-order chi connectivity index (χ0) is 22.2. The van der Waals surface area contributed by atoms with Crippen molar-refractivity contribution in [3.8, 4) is 0 Å². The first kappa shape index (κ1) is 22.5. The summed E-state index contributed by atoms with van der Waals surface area (Å²) in [4.78, 5) is 38.2. The molecule has 2 aromatic rings. The van der Waals surface area contributed by atoms with Gasteiger partial charge in [-0.25, -0.2) is 4.79 Å². The molecule has 1 heterocycles. The third kappa shape index (κ3) is 6.15. The first-order chi connectivity index (χ1) is 15.0. The maximum absolute atomic E-state index is 13.0. The average Bonchev–Trinajstić information content (AvgIpc) is 3.14. The molecule has 0 bridgehead atoms. The van der Waals surface area contributed by atoms with Gasteiger partial charge in [0.25, 0.3) is 0 Å². The number of aliphatic hydroxyl groups excluding tert-OH is 1. The van der Waals surface area contributed by atoms with Crippen molar-refractivity contribution in [2.24, 2.45) is 0 Å². The summed E-state index contributed by atoms with van der Waals surface area (Å²) in [5.74, 6) is -1.91.